The van der Waals surface area contributed by atoms with Gasteiger partial charge in [0.2, 0.25) is 5.91 Å². The van der Waals surface area contributed by atoms with Gasteiger partial charge < -0.3 is 14.5 Å². The Balaban J connectivity index is 1.43. The van der Waals surface area contributed by atoms with Gasteiger partial charge in [0.1, 0.15) is 0 Å². The molecule has 3 rings (SSSR count). The average Bonchev–Trinajstić information content (AvgIpc) is 2.68. The van der Waals surface area contributed by atoms with E-state index >= 15 is 0 Å². The lowest BCUT2D eigenvalue weighted by Crippen LogP contribution is -2.51. The Bertz CT molecular complexity index is 577. The fraction of sp³-hybridized carbons (Fsp3) is 0.579. The third-order valence-corrected chi connectivity index (χ3v) is 5.21. The molecule has 25 heavy (non-hydrogen) atoms. The van der Waals surface area contributed by atoms with Crippen molar-refractivity contribution in [3.05, 3.63) is 35.9 Å². The summed E-state index contributed by atoms with van der Waals surface area (Å²) in [6.07, 6.45) is 1.18. The average molecular weight is 345 g/mol. The van der Waals surface area contributed by atoms with E-state index in [1.54, 1.807) is 4.90 Å². The van der Waals surface area contributed by atoms with Crippen molar-refractivity contribution in [3.8, 4) is 0 Å². The van der Waals surface area contributed by atoms with E-state index in [2.05, 4.69) is 29.2 Å². The first-order valence-electron chi connectivity index (χ1n) is 9.05. The number of methoxy groups -OCH3 is 1. The molecule has 0 atom stereocenters. The first-order valence-corrected chi connectivity index (χ1v) is 9.05. The van der Waals surface area contributed by atoms with Gasteiger partial charge in [0, 0.05) is 51.7 Å². The summed E-state index contributed by atoms with van der Waals surface area (Å²) >= 11 is 0. The molecule has 2 aliphatic rings. The highest BCUT2D eigenvalue weighted by Crippen LogP contribution is 2.21. The molecule has 2 aliphatic heterocycles. The van der Waals surface area contributed by atoms with Gasteiger partial charge in [-0.2, -0.15) is 0 Å². The Labute approximate surface area is 149 Å². The van der Waals surface area contributed by atoms with Crippen molar-refractivity contribution in [2.45, 2.75) is 19.4 Å². The Hall–Kier alpha value is -2.08. The van der Waals surface area contributed by atoms with Gasteiger partial charge in [-0.1, -0.05) is 30.3 Å². The first kappa shape index (κ1) is 17.7. The summed E-state index contributed by atoms with van der Waals surface area (Å²) in [5, 5.41) is 0. The smallest absolute Gasteiger partial charge is 0.409 e. The second-order valence-electron chi connectivity index (χ2n) is 6.82. The predicted octanol–water partition coefficient (Wildman–Crippen LogP) is 1.81. The van der Waals surface area contributed by atoms with Gasteiger partial charge in [0.15, 0.2) is 0 Å². The van der Waals surface area contributed by atoms with Crippen molar-refractivity contribution in [1.29, 1.82) is 0 Å². The molecule has 0 aliphatic carbocycles. The molecule has 2 heterocycles. The number of rotatable bonds is 3. The van der Waals surface area contributed by atoms with Crippen LogP contribution in [-0.2, 0) is 16.1 Å². The SMILES string of the molecule is COC(=O)N1CCC(C(=O)N2CCN(Cc3ccccc3)CC2)CC1. The van der Waals surface area contributed by atoms with Gasteiger partial charge in [-0.15, -0.1) is 0 Å². The molecule has 0 N–H and O–H groups in total. The van der Waals surface area contributed by atoms with Crippen LogP contribution in [0.3, 0.4) is 0 Å². The Kier molecular flexibility index (Phi) is 5.91. The van der Waals surface area contributed by atoms with Gasteiger partial charge >= 0.3 is 6.09 Å². The minimum absolute atomic E-state index is 0.0431. The van der Waals surface area contributed by atoms with Gasteiger partial charge in [0.05, 0.1) is 7.11 Å². The van der Waals surface area contributed by atoms with Crippen LogP contribution in [0.4, 0.5) is 4.79 Å². The molecule has 136 valence electrons. The third kappa shape index (κ3) is 4.51. The van der Waals surface area contributed by atoms with Crippen molar-refractivity contribution in [3.63, 3.8) is 0 Å². The van der Waals surface area contributed by atoms with Gasteiger partial charge in [-0.25, -0.2) is 4.79 Å². The predicted molar refractivity (Wildman–Crippen MR) is 95.0 cm³/mol. The van der Waals surface area contributed by atoms with Crippen LogP contribution in [0, 0.1) is 5.92 Å². The largest absolute Gasteiger partial charge is 0.453 e. The maximum Gasteiger partial charge on any atom is 0.409 e. The maximum absolute atomic E-state index is 12.7. The molecular weight excluding hydrogens is 318 g/mol. The number of hydrogen-bond acceptors (Lipinski definition) is 4. The van der Waals surface area contributed by atoms with Crippen molar-refractivity contribution in [1.82, 2.24) is 14.7 Å². The standard InChI is InChI=1S/C19H27N3O3/c1-25-19(24)22-9-7-17(8-10-22)18(23)21-13-11-20(12-14-21)15-16-5-3-2-4-6-16/h2-6,17H,7-15H2,1H3. The number of piperazine rings is 1. The fourth-order valence-corrected chi connectivity index (χ4v) is 3.66. The molecule has 1 aromatic rings. The monoisotopic (exact) mass is 345 g/mol. The van der Waals surface area contributed by atoms with E-state index in [1.807, 2.05) is 11.0 Å². The lowest BCUT2D eigenvalue weighted by atomic mass is 9.95. The summed E-state index contributed by atoms with van der Waals surface area (Å²) in [6.45, 7) is 5.59. The zero-order chi connectivity index (χ0) is 17.6. The summed E-state index contributed by atoms with van der Waals surface area (Å²) < 4.78 is 4.75. The molecule has 0 bridgehead atoms. The number of carbonyl (C=O) groups is 2. The molecule has 0 aromatic heterocycles. The zero-order valence-corrected chi connectivity index (χ0v) is 14.9. The summed E-state index contributed by atoms with van der Waals surface area (Å²) in [7, 11) is 1.40. The Morgan fingerprint density at radius 3 is 2.20 bits per heavy atom. The maximum atomic E-state index is 12.7. The number of benzene rings is 1. The molecule has 6 nitrogen and oxygen atoms in total. The van der Waals surface area contributed by atoms with E-state index < -0.39 is 0 Å². The van der Waals surface area contributed by atoms with Crippen LogP contribution in [0.2, 0.25) is 0 Å². The third-order valence-electron chi connectivity index (χ3n) is 5.21. The minimum Gasteiger partial charge on any atom is -0.453 e. The summed E-state index contributed by atoms with van der Waals surface area (Å²) in [5.74, 6) is 0.297. The number of amides is 2. The lowest BCUT2D eigenvalue weighted by molar-refractivity contribution is -0.138. The first-order chi connectivity index (χ1) is 12.2. The molecule has 2 fully saturated rings. The van der Waals surface area contributed by atoms with E-state index in [-0.39, 0.29) is 17.9 Å². The quantitative estimate of drug-likeness (QED) is 0.838. The van der Waals surface area contributed by atoms with Crippen LogP contribution >= 0.6 is 0 Å². The van der Waals surface area contributed by atoms with Crippen LogP contribution < -0.4 is 0 Å². The fourth-order valence-electron chi connectivity index (χ4n) is 3.66. The molecule has 2 saturated heterocycles. The molecule has 0 unspecified atom stereocenters. The van der Waals surface area contributed by atoms with Crippen LogP contribution in [0.15, 0.2) is 30.3 Å². The van der Waals surface area contributed by atoms with Crippen LogP contribution in [0.1, 0.15) is 18.4 Å². The van der Waals surface area contributed by atoms with Crippen molar-refractivity contribution in [2.24, 2.45) is 5.92 Å². The molecular formula is C19H27N3O3. The Morgan fingerprint density at radius 2 is 1.60 bits per heavy atom. The topological polar surface area (TPSA) is 53.1 Å². The Morgan fingerprint density at radius 1 is 0.960 bits per heavy atom. The number of carbonyl (C=O) groups excluding carboxylic acids is 2. The van der Waals surface area contributed by atoms with Crippen LogP contribution in [0.25, 0.3) is 0 Å². The zero-order valence-electron chi connectivity index (χ0n) is 14.9. The van der Waals surface area contributed by atoms with E-state index in [1.165, 1.54) is 12.7 Å². The van der Waals surface area contributed by atoms with E-state index in [4.69, 9.17) is 4.74 Å². The molecule has 0 saturated carbocycles. The van der Waals surface area contributed by atoms with Crippen molar-refractivity contribution < 1.29 is 14.3 Å². The number of hydrogen-bond donors (Lipinski definition) is 0. The van der Waals surface area contributed by atoms with E-state index in [9.17, 15) is 9.59 Å². The second-order valence-corrected chi connectivity index (χ2v) is 6.82. The molecule has 1 aromatic carbocycles. The van der Waals surface area contributed by atoms with Crippen molar-refractivity contribution in [2.75, 3.05) is 46.4 Å². The highest BCUT2D eigenvalue weighted by Gasteiger charge is 2.31. The van der Waals surface area contributed by atoms with E-state index in [0.29, 0.717) is 13.1 Å². The van der Waals surface area contributed by atoms with Crippen LogP contribution in [-0.4, -0.2) is 73.1 Å². The van der Waals surface area contributed by atoms with Gasteiger partial charge in [-0.05, 0) is 18.4 Å². The number of nitrogens with zero attached hydrogens (tertiary/aromatic N) is 3. The molecule has 0 radical (unpaired) electrons. The number of ether oxygens (including phenoxy) is 1. The van der Waals surface area contributed by atoms with Gasteiger partial charge in [-0.3, -0.25) is 9.69 Å². The van der Waals surface area contributed by atoms with Gasteiger partial charge in [0.25, 0.3) is 0 Å². The highest BCUT2D eigenvalue weighted by atomic mass is 16.5. The summed E-state index contributed by atoms with van der Waals surface area (Å²) in [4.78, 5) is 30.4. The molecule has 6 heteroatoms. The normalized spacial score (nSPS) is 19.7. The number of likely N-dealkylation sites (tertiary alicyclic amines) is 1. The molecule has 2 amide bonds. The minimum atomic E-state index is -0.291. The number of piperidine rings is 1. The van der Waals surface area contributed by atoms with Crippen LogP contribution in [0.5, 0.6) is 0 Å². The summed E-state index contributed by atoms with van der Waals surface area (Å²) in [6, 6.07) is 10.5. The van der Waals surface area contributed by atoms with E-state index in [0.717, 1.165) is 45.6 Å². The summed E-state index contributed by atoms with van der Waals surface area (Å²) in [5.41, 5.74) is 1.32. The van der Waals surface area contributed by atoms with Crippen molar-refractivity contribution >= 4 is 12.0 Å². The second kappa shape index (κ2) is 8.34. The lowest BCUT2D eigenvalue weighted by Gasteiger charge is -2.38. The highest BCUT2D eigenvalue weighted by molar-refractivity contribution is 5.79. The molecule has 0 spiro atoms.